The monoisotopic (exact) mass is 526 g/mol. The molecule has 2 heterocycles. The molecule has 0 aliphatic heterocycles. The van der Waals surface area contributed by atoms with Crippen molar-refractivity contribution in [2.24, 2.45) is 0 Å². The summed E-state index contributed by atoms with van der Waals surface area (Å²) in [6.45, 7) is 0. The molecule has 2 aromatic heterocycles. The number of Topliss-reactive ketones (excluding diaryl/α,β-unsaturated/α-hetero) is 1. The molecule has 0 unspecified atom stereocenters. The highest BCUT2D eigenvalue weighted by Crippen LogP contribution is 2.42. The van der Waals surface area contributed by atoms with E-state index in [0.29, 0.717) is 46.6 Å². The molecule has 1 aliphatic rings. The molecule has 0 saturated heterocycles. The first-order valence-corrected chi connectivity index (χ1v) is 13.3. The van der Waals surface area contributed by atoms with Crippen molar-refractivity contribution in [3.05, 3.63) is 83.2 Å². The minimum Gasteiger partial charge on any atom is -0.493 e. The number of methoxy groups -OCH3 is 3. The molecular formula is C29H26N4O4S. The predicted molar refractivity (Wildman–Crippen MR) is 146 cm³/mol. The quantitative estimate of drug-likeness (QED) is 0.257. The Morgan fingerprint density at radius 1 is 0.947 bits per heavy atom. The van der Waals surface area contributed by atoms with Gasteiger partial charge < -0.3 is 14.2 Å². The molecule has 3 aromatic carbocycles. The molecule has 0 radical (unpaired) electrons. The van der Waals surface area contributed by atoms with Crippen LogP contribution < -0.4 is 14.2 Å². The van der Waals surface area contributed by atoms with Crippen LogP contribution >= 0.6 is 11.8 Å². The maximum atomic E-state index is 13.2. The van der Waals surface area contributed by atoms with Gasteiger partial charge in [0, 0.05) is 18.4 Å². The van der Waals surface area contributed by atoms with E-state index in [1.54, 1.807) is 43.8 Å². The average molecular weight is 527 g/mol. The summed E-state index contributed by atoms with van der Waals surface area (Å²) in [5.74, 6) is 2.84. The number of nitrogens with zero attached hydrogens (tertiary/aromatic N) is 4. The van der Waals surface area contributed by atoms with Crippen molar-refractivity contribution in [3.8, 4) is 17.2 Å². The van der Waals surface area contributed by atoms with Gasteiger partial charge >= 0.3 is 0 Å². The number of thioether (sulfide) groups is 1. The summed E-state index contributed by atoms with van der Waals surface area (Å²) in [6, 6.07) is 18.5. The molecule has 0 fully saturated rings. The van der Waals surface area contributed by atoms with Gasteiger partial charge in [-0.2, -0.15) is 4.98 Å². The van der Waals surface area contributed by atoms with Gasteiger partial charge in [-0.15, -0.1) is 5.10 Å². The number of benzene rings is 3. The topological polar surface area (TPSA) is 87.8 Å². The first-order chi connectivity index (χ1) is 18.6. The van der Waals surface area contributed by atoms with Gasteiger partial charge in [-0.25, -0.2) is 9.50 Å². The molecule has 1 aliphatic carbocycles. The zero-order valence-corrected chi connectivity index (χ0v) is 22.1. The molecule has 5 aromatic rings. The lowest BCUT2D eigenvalue weighted by atomic mass is 9.82. The summed E-state index contributed by atoms with van der Waals surface area (Å²) < 4.78 is 18.1. The summed E-state index contributed by atoms with van der Waals surface area (Å²) in [5, 5.41) is 7.66. The number of ketones is 1. The van der Waals surface area contributed by atoms with Gasteiger partial charge in [-0.1, -0.05) is 54.2 Å². The third kappa shape index (κ3) is 4.32. The van der Waals surface area contributed by atoms with Crippen LogP contribution in [-0.4, -0.2) is 46.7 Å². The molecular weight excluding hydrogens is 500 g/mol. The number of hydrogen-bond donors (Lipinski definition) is 0. The molecule has 8 nitrogen and oxygen atoms in total. The van der Waals surface area contributed by atoms with Crippen LogP contribution in [0.1, 0.15) is 39.5 Å². The maximum Gasteiger partial charge on any atom is 0.253 e. The first-order valence-electron chi connectivity index (χ1n) is 12.3. The molecule has 192 valence electrons. The van der Waals surface area contributed by atoms with Crippen molar-refractivity contribution < 1.29 is 19.0 Å². The van der Waals surface area contributed by atoms with E-state index >= 15 is 0 Å². The van der Waals surface area contributed by atoms with Gasteiger partial charge in [0.05, 0.1) is 32.6 Å². The first kappa shape index (κ1) is 24.2. The number of hydrogen-bond acceptors (Lipinski definition) is 8. The Bertz CT molecular complexity index is 1650. The van der Waals surface area contributed by atoms with Crippen molar-refractivity contribution in [1.29, 1.82) is 0 Å². The van der Waals surface area contributed by atoms with Crippen LogP contribution in [0.5, 0.6) is 17.2 Å². The van der Waals surface area contributed by atoms with Crippen LogP contribution in [0.3, 0.4) is 0 Å². The molecule has 0 bridgehead atoms. The maximum absolute atomic E-state index is 13.2. The SMILES string of the molecule is COc1cc([C@H]2CC(=O)c3cn4nc(SCc5cccc6ccccc56)nc4nc3C2)cc(OC)c1OC. The van der Waals surface area contributed by atoms with E-state index in [1.807, 2.05) is 18.2 Å². The van der Waals surface area contributed by atoms with Gasteiger partial charge in [0.15, 0.2) is 17.3 Å². The van der Waals surface area contributed by atoms with Crippen molar-refractivity contribution in [2.75, 3.05) is 21.3 Å². The van der Waals surface area contributed by atoms with Crippen LogP contribution in [0.15, 0.2) is 66.0 Å². The predicted octanol–water partition coefficient (Wildman–Crippen LogP) is 5.51. The van der Waals surface area contributed by atoms with E-state index in [9.17, 15) is 4.79 Å². The van der Waals surface area contributed by atoms with E-state index in [4.69, 9.17) is 19.2 Å². The summed E-state index contributed by atoms with van der Waals surface area (Å²) in [4.78, 5) is 22.6. The number of rotatable bonds is 7. The Kier molecular flexibility index (Phi) is 6.37. The Labute approximate surface area is 224 Å². The van der Waals surface area contributed by atoms with Crippen molar-refractivity contribution in [3.63, 3.8) is 0 Å². The smallest absolute Gasteiger partial charge is 0.253 e. The van der Waals surface area contributed by atoms with Gasteiger partial charge in [-0.3, -0.25) is 4.79 Å². The second kappa shape index (κ2) is 9.98. The van der Waals surface area contributed by atoms with E-state index in [-0.39, 0.29) is 11.7 Å². The Morgan fingerprint density at radius 3 is 2.47 bits per heavy atom. The number of carbonyl (C=O) groups excluding carboxylic acids is 1. The van der Waals surface area contributed by atoms with E-state index in [0.717, 1.165) is 17.0 Å². The molecule has 38 heavy (non-hydrogen) atoms. The largest absolute Gasteiger partial charge is 0.493 e. The molecule has 1 atom stereocenters. The van der Waals surface area contributed by atoms with E-state index in [1.165, 1.54) is 16.3 Å². The summed E-state index contributed by atoms with van der Waals surface area (Å²) in [7, 11) is 4.74. The molecule has 0 saturated carbocycles. The molecule has 0 spiro atoms. The number of fused-ring (bicyclic) bond motifs is 3. The van der Waals surface area contributed by atoms with Gasteiger partial charge in [0.1, 0.15) is 0 Å². The fourth-order valence-electron chi connectivity index (χ4n) is 5.06. The zero-order valence-electron chi connectivity index (χ0n) is 21.3. The third-order valence-electron chi connectivity index (χ3n) is 6.96. The van der Waals surface area contributed by atoms with Gasteiger partial charge in [0.25, 0.3) is 5.78 Å². The minimum absolute atomic E-state index is 0.0276. The summed E-state index contributed by atoms with van der Waals surface area (Å²) in [5.41, 5.74) is 3.48. The fourth-order valence-corrected chi connectivity index (χ4v) is 5.89. The average Bonchev–Trinajstić information content (AvgIpc) is 3.35. The number of ether oxygens (including phenoxy) is 3. The lowest BCUT2D eigenvalue weighted by molar-refractivity contribution is 0.0962. The Morgan fingerprint density at radius 2 is 1.71 bits per heavy atom. The molecule has 6 rings (SSSR count). The van der Waals surface area contributed by atoms with Gasteiger partial charge in [0.2, 0.25) is 10.9 Å². The van der Waals surface area contributed by atoms with Crippen LogP contribution in [-0.2, 0) is 12.2 Å². The molecule has 0 N–H and O–H groups in total. The van der Waals surface area contributed by atoms with E-state index < -0.39 is 0 Å². The standard InChI is InChI=1S/C29H26N4O4S/c1-35-25-13-20(14-26(36-2)27(25)37-3)19-11-23-22(24(34)12-19)15-33-28(30-23)31-29(32-33)38-16-18-9-6-8-17-7-4-5-10-21(17)18/h4-10,13-15,19H,11-12,16H2,1-3H3/t19-/m1/s1. The van der Waals surface area contributed by atoms with Crippen LogP contribution in [0.4, 0.5) is 0 Å². The second-order valence-electron chi connectivity index (χ2n) is 9.15. The minimum atomic E-state index is -0.0678. The number of carbonyl (C=O) groups is 1. The summed E-state index contributed by atoms with van der Waals surface area (Å²) >= 11 is 1.56. The van der Waals surface area contributed by atoms with E-state index in [2.05, 4.69) is 46.5 Å². The van der Waals surface area contributed by atoms with Crippen LogP contribution in [0.25, 0.3) is 16.6 Å². The second-order valence-corrected chi connectivity index (χ2v) is 10.1. The lowest BCUT2D eigenvalue weighted by Gasteiger charge is -2.24. The highest BCUT2D eigenvalue weighted by Gasteiger charge is 2.30. The highest BCUT2D eigenvalue weighted by atomic mass is 32.2. The third-order valence-corrected chi connectivity index (χ3v) is 7.84. The van der Waals surface area contributed by atoms with Crippen molar-refractivity contribution in [1.82, 2.24) is 19.6 Å². The number of aromatic nitrogens is 4. The van der Waals surface area contributed by atoms with Crippen LogP contribution in [0.2, 0.25) is 0 Å². The van der Waals surface area contributed by atoms with Crippen molar-refractivity contribution in [2.45, 2.75) is 29.7 Å². The molecule has 9 heteroatoms. The zero-order chi connectivity index (χ0) is 26.2. The van der Waals surface area contributed by atoms with Crippen molar-refractivity contribution >= 4 is 34.1 Å². The normalized spacial score (nSPS) is 15.0. The Hall–Kier alpha value is -4.11. The molecule has 0 amide bonds. The highest BCUT2D eigenvalue weighted by molar-refractivity contribution is 7.98. The lowest BCUT2D eigenvalue weighted by Crippen LogP contribution is -2.21. The van der Waals surface area contributed by atoms with Crippen LogP contribution in [0, 0.1) is 0 Å². The fraction of sp³-hybridized carbons (Fsp3) is 0.241. The Balaban J connectivity index is 1.28. The summed E-state index contributed by atoms with van der Waals surface area (Å²) in [6.07, 6.45) is 2.72. The van der Waals surface area contributed by atoms with Gasteiger partial charge in [-0.05, 0) is 46.4 Å².